The Hall–Kier alpha value is -8.34. The quantitative estimate of drug-likeness (QED) is 0.165. The highest BCUT2D eigenvalue weighted by atomic mass is 19.1. The number of benzene rings is 11. The van der Waals surface area contributed by atoms with E-state index in [2.05, 4.69) is 161 Å². The van der Waals surface area contributed by atoms with E-state index in [-0.39, 0.29) is 11.6 Å². The van der Waals surface area contributed by atoms with Crippen LogP contribution in [0.15, 0.2) is 231 Å². The van der Waals surface area contributed by atoms with Gasteiger partial charge in [0.1, 0.15) is 11.6 Å². The maximum absolute atomic E-state index is 16.4. The minimum Gasteiger partial charge on any atom is -0.307 e. The lowest BCUT2D eigenvalue weighted by Gasteiger charge is -2.41. The Morgan fingerprint density at radius 1 is 0.292 bits per heavy atom. The van der Waals surface area contributed by atoms with Gasteiger partial charge >= 0.3 is 0 Å². The molecule has 0 amide bonds. The Balaban J connectivity index is 1.15. The van der Waals surface area contributed by atoms with Gasteiger partial charge in [-0.05, 0) is 115 Å². The molecule has 13 rings (SSSR count). The summed E-state index contributed by atoms with van der Waals surface area (Å²) in [5.74, 6) is -0.614. The number of halogens is 2. The van der Waals surface area contributed by atoms with E-state index in [1.165, 1.54) is 34.4 Å². The Bertz CT molecular complexity index is 3680. The standard InChI is InChI=1S/C61H38F2N2/c62-53-28-9-11-30-58(53)64(55-32-13-18-39-16-1-3-20-42(39)55)41-34-35-46-47-36-37-57(65(59-31-12-10-29-54(59)63)56-33-14-19-40-17-2-4-21-43(40)56)48-24-15-27-51(60(47)48)61(52(46)38-41)49-25-7-5-22-44(49)45-23-6-8-26-50(45)61/h1-38H. The van der Waals surface area contributed by atoms with E-state index in [0.717, 1.165) is 77.3 Å². The summed E-state index contributed by atoms with van der Waals surface area (Å²) in [5.41, 5.74) is 12.8. The molecule has 0 fully saturated rings. The maximum atomic E-state index is 16.4. The minimum atomic E-state index is -0.772. The Morgan fingerprint density at radius 3 is 1.37 bits per heavy atom. The van der Waals surface area contributed by atoms with Crippen LogP contribution in [0.25, 0.3) is 54.6 Å². The lowest BCUT2D eigenvalue weighted by molar-refractivity contribution is 0.628. The molecule has 0 aromatic heterocycles. The molecule has 0 saturated heterocycles. The Labute approximate surface area is 375 Å². The number of anilines is 6. The molecular formula is C61H38F2N2. The molecule has 0 atom stereocenters. The molecule has 306 valence electrons. The van der Waals surface area contributed by atoms with Crippen LogP contribution in [0.4, 0.5) is 42.9 Å². The SMILES string of the molecule is Fc1ccccc1N(c1ccc2c(c1)C1(c3ccccc3-c3ccccc31)c1cccc3c(N(c4ccccc4F)c4cccc5ccccc45)ccc-2c13)c1cccc2ccccc12. The van der Waals surface area contributed by atoms with Crippen molar-refractivity contribution in [3.05, 3.63) is 264 Å². The first-order valence-electron chi connectivity index (χ1n) is 22.1. The molecule has 2 aliphatic carbocycles. The van der Waals surface area contributed by atoms with Gasteiger partial charge in [0.2, 0.25) is 0 Å². The molecule has 0 aliphatic heterocycles. The van der Waals surface area contributed by atoms with E-state index in [4.69, 9.17) is 0 Å². The van der Waals surface area contributed by atoms with Crippen LogP contribution in [0.3, 0.4) is 0 Å². The van der Waals surface area contributed by atoms with Crippen LogP contribution >= 0.6 is 0 Å². The fraction of sp³-hybridized carbons (Fsp3) is 0.0164. The van der Waals surface area contributed by atoms with Crippen LogP contribution < -0.4 is 9.80 Å². The van der Waals surface area contributed by atoms with Crippen LogP contribution in [0.2, 0.25) is 0 Å². The fourth-order valence-electron chi connectivity index (χ4n) is 11.2. The average Bonchev–Trinajstić information content (AvgIpc) is 3.65. The molecule has 0 heterocycles. The van der Waals surface area contributed by atoms with E-state index >= 15 is 8.78 Å². The molecule has 0 radical (unpaired) electrons. The number of rotatable bonds is 6. The highest BCUT2D eigenvalue weighted by Gasteiger charge is 2.50. The number of fused-ring (bicyclic) bond motifs is 11. The van der Waals surface area contributed by atoms with Crippen molar-refractivity contribution in [3.8, 4) is 22.3 Å². The fourth-order valence-corrected chi connectivity index (χ4v) is 11.2. The first-order valence-corrected chi connectivity index (χ1v) is 22.1. The van der Waals surface area contributed by atoms with Crippen molar-refractivity contribution in [1.29, 1.82) is 0 Å². The van der Waals surface area contributed by atoms with Crippen molar-refractivity contribution >= 4 is 66.4 Å². The summed E-state index contributed by atoms with van der Waals surface area (Å²) >= 11 is 0. The zero-order valence-corrected chi connectivity index (χ0v) is 35.1. The molecule has 0 bridgehead atoms. The number of para-hydroxylation sites is 2. The van der Waals surface area contributed by atoms with Crippen LogP contribution in [-0.4, -0.2) is 0 Å². The molecular weight excluding hydrogens is 799 g/mol. The zero-order valence-electron chi connectivity index (χ0n) is 35.1. The van der Waals surface area contributed by atoms with Crippen LogP contribution in [0.1, 0.15) is 22.3 Å². The van der Waals surface area contributed by atoms with Crippen LogP contribution in [-0.2, 0) is 5.41 Å². The van der Waals surface area contributed by atoms with Crippen molar-refractivity contribution in [2.75, 3.05) is 9.80 Å². The third kappa shape index (κ3) is 5.31. The summed E-state index contributed by atoms with van der Waals surface area (Å²) < 4.78 is 32.8. The highest BCUT2D eigenvalue weighted by Crippen LogP contribution is 2.63. The first kappa shape index (κ1) is 37.2. The van der Waals surface area contributed by atoms with Gasteiger partial charge in [-0.15, -0.1) is 0 Å². The van der Waals surface area contributed by atoms with Gasteiger partial charge in [0.25, 0.3) is 0 Å². The molecule has 2 aliphatic rings. The number of nitrogens with zero attached hydrogens (tertiary/aromatic N) is 2. The number of hydrogen-bond donors (Lipinski definition) is 0. The molecule has 4 heteroatoms. The molecule has 11 aromatic rings. The van der Waals surface area contributed by atoms with E-state index < -0.39 is 5.41 Å². The molecule has 0 saturated carbocycles. The van der Waals surface area contributed by atoms with Crippen LogP contribution in [0, 0.1) is 11.6 Å². The Kier molecular flexibility index (Phi) is 8.22. The molecule has 2 nitrogen and oxygen atoms in total. The van der Waals surface area contributed by atoms with Crippen molar-refractivity contribution in [2.24, 2.45) is 0 Å². The smallest absolute Gasteiger partial charge is 0.147 e. The third-order valence-corrected chi connectivity index (χ3v) is 13.8. The zero-order chi connectivity index (χ0) is 43.2. The minimum absolute atomic E-state index is 0.306. The molecule has 65 heavy (non-hydrogen) atoms. The van der Waals surface area contributed by atoms with E-state index in [9.17, 15) is 0 Å². The average molecular weight is 837 g/mol. The van der Waals surface area contributed by atoms with Gasteiger partial charge in [0, 0.05) is 21.8 Å². The first-order chi connectivity index (χ1) is 32.1. The molecule has 0 unspecified atom stereocenters. The largest absolute Gasteiger partial charge is 0.307 e. The van der Waals surface area contributed by atoms with Crippen molar-refractivity contribution in [2.45, 2.75) is 5.41 Å². The maximum Gasteiger partial charge on any atom is 0.147 e. The third-order valence-electron chi connectivity index (χ3n) is 13.8. The summed E-state index contributed by atoms with van der Waals surface area (Å²) in [6.07, 6.45) is 0. The molecule has 1 spiro atoms. The summed E-state index contributed by atoms with van der Waals surface area (Å²) in [5, 5.41) is 6.32. The molecule has 0 N–H and O–H groups in total. The van der Waals surface area contributed by atoms with Gasteiger partial charge in [0.05, 0.1) is 33.9 Å². The topological polar surface area (TPSA) is 6.48 Å². The van der Waals surface area contributed by atoms with Crippen molar-refractivity contribution < 1.29 is 8.78 Å². The van der Waals surface area contributed by atoms with Crippen LogP contribution in [0.5, 0.6) is 0 Å². The van der Waals surface area contributed by atoms with Gasteiger partial charge < -0.3 is 9.80 Å². The van der Waals surface area contributed by atoms with Crippen molar-refractivity contribution in [3.63, 3.8) is 0 Å². The van der Waals surface area contributed by atoms with Gasteiger partial charge in [-0.25, -0.2) is 8.78 Å². The lowest BCUT2D eigenvalue weighted by Crippen LogP contribution is -2.32. The lowest BCUT2D eigenvalue weighted by atomic mass is 9.61. The molecule has 11 aromatic carbocycles. The second-order valence-corrected chi connectivity index (χ2v) is 17.0. The Morgan fingerprint density at radius 2 is 0.723 bits per heavy atom. The van der Waals surface area contributed by atoms with Gasteiger partial charge in [-0.1, -0.05) is 176 Å². The number of hydrogen-bond acceptors (Lipinski definition) is 2. The second kappa shape index (κ2) is 14.3. The normalized spacial score (nSPS) is 12.9. The van der Waals surface area contributed by atoms with Gasteiger partial charge in [0.15, 0.2) is 0 Å². The van der Waals surface area contributed by atoms with E-state index in [0.29, 0.717) is 11.4 Å². The van der Waals surface area contributed by atoms with E-state index in [1.807, 2.05) is 54.6 Å². The predicted octanol–water partition coefficient (Wildman–Crippen LogP) is 16.7. The monoisotopic (exact) mass is 836 g/mol. The summed E-state index contributed by atoms with van der Waals surface area (Å²) in [4.78, 5) is 4.17. The summed E-state index contributed by atoms with van der Waals surface area (Å²) in [6, 6.07) is 78.4. The predicted molar refractivity (Wildman–Crippen MR) is 265 cm³/mol. The van der Waals surface area contributed by atoms with Gasteiger partial charge in [-0.2, -0.15) is 0 Å². The van der Waals surface area contributed by atoms with Gasteiger partial charge in [-0.3, -0.25) is 0 Å². The highest BCUT2D eigenvalue weighted by molar-refractivity contribution is 6.14. The summed E-state index contributed by atoms with van der Waals surface area (Å²) in [7, 11) is 0. The second-order valence-electron chi connectivity index (χ2n) is 17.0. The van der Waals surface area contributed by atoms with Crippen molar-refractivity contribution in [1.82, 2.24) is 0 Å². The summed E-state index contributed by atoms with van der Waals surface area (Å²) in [6.45, 7) is 0. The van der Waals surface area contributed by atoms with E-state index in [1.54, 1.807) is 12.1 Å².